The molecule has 1 saturated heterocycles. The van der Waals surface area contributed by atoms with E-state index in [-0.39, 0.29) is 16.8 Å². The third-order valence-electron chi connectivity index (χ3n) is 3.05. The van der Waals surface area contributed by atoms with Gasteiger partial charge in [-0.1, -0.05) is 29.3 Å². The summed E-state index contributed by atoms with van der Waals surface area (Å²) in [7, 11) is 3.36. The van der Waals surface area contributed by atoms with Crippen molar-refractivity contribution in [3.05, 3.63) is 33.8 Å². The van der Waals surface area contributed by atoms with Gasteiger partial charge in [-0.2, -0.15) is 0 Å². The van der Waals surface area contributed by atoms with Gasteiger partial charge in [0, 0.05) is 19.8 Å². The minimum absolute atomic E-state index is 0.0819. The largest absolute Gasteiger partial charge is 0.347 e. The number of hydrogen-bond acceptors (Lipinski definition) is 3. The van der Waals surface area contributed by atoms with Crippen LogP contribution in [0.3, 0.4) is 0 Å². The topological polar surface area (TPSA) is 40.6 Å². The molecular formula is C13H14Cl2N2O2S. The van der Waals surface area contributed by atoms with E-state index in [9.17, 15) is 9.59 Å². The third kappa shape index (κ3) is 2.90. The summed E-state index contributed by atoms with van der Waals surface area (Å²) >= 11 is 13.6. The summed E-state index contributed by atoms with van der Waals surface area (Å²) in [4.78, 5) is 27.7. The lowest BCUT2D eigenvalue weighted by Gasteiger charge is -2.25. The highest BCUT2D eigenvalue weighted by molar-refractivity contribution is 7.99. The van der Waals surface area contributed by atoms with Gasteiger partial charge in [-0.05, 0) is 12.1 Å². The van der Waals surface area contributed by atoms with E-state index >= 15 is 0 Å². The third-order valence-corrected chi connectivity index (χ3v) is 4.88. The molecule has 2 amide bonds. The molecule has 0 N–H and O–H groups in total. The Morgan fingerprint density at radius 3 is 2.70 bits per heavy atom. The molecule has 0 bridgehead atoms. The Balaban J connectivity index is 2.28. The maximum Gasteiger partial charge on any atom is 0.256 e. The molecule has 0 aliphatic carbocycles. The second-order valence-corrected chi connectivity index (χ2v) is 6.41. The van der Waals surface area contributed by atoms with Crippen LogP contribution in [0.5, 0.6) is 0 Å². The molecular weight excluding hydrogens is 319 g/mol. The lowest BCUT2D eigenvalue weighted by Crippen LogP contribution is -2.46. The van der Waals surface area contributed by atoms with Gasteiger partial charge in [0.15, 0.2) is 0 Å². The first-order valence-corrected chi connectivity index (χ1v) is 7.88. The minimum Gasteiger partial charge on any atom is -0.347 e. The second kappa shape index (κ2) is 6.24. The number of rotatable bonds is 2. The van der Waals surface area contributed by atoms with Crippen molar-refractivity contribution in [2.45, 2.75) is 6.04 Å². The number of amides is 2. The maximum atomic E-state index is 12.6. The number of carbonyl (C=O) groups is 2. The summed E-state index contributed by atoms with van der Waals surface area (Å²) in [6.07, 6.45) is 0. The van der Waals surface area contributed by atoms with E-state index in [1.165, 1.54) is 4.90 Å². The number of carbonyl (C=O) groups excluding carboxylic acids is 2. The van der Waals surface area contributed by atoms with Crippen LogP contribution in [0.15, 0.2) is 18.2 Å². The fourth-order valence-corrected chi connectivity index (χ4v) is 3.50. The molecule has 1 fully saturated rings. The van der Waals surface area contributed by atoms with Crippen LogP contribution in [-0.2, 0) is 4.79 Å². The van der Waals surface area contributed by atoms with Gasteiger partial charge < -0.3 is 9.80 Å². The van der Waals surface area contributed by atoms with Crippen molar-refractivity contribution < 1.29 is 9.59 Å². The molecule has 2 rings (SSSR count). The molecule has 1 heterocycles. The minimum atomic E-state index is -0.447. The smallest absolute Gasteiger partial charge is 0.256 e. The Labute approximate surface area is 132 Å². The van der Waals surface area contributed by atoms with E-state index in [1.807, 2.05) is 0 Å². The van der Waals surface area contributed by atoms with Crippen LogP contribution in [0, 0.1) is 0 Å². The molecule has 0 aromatic heterocycles. The SMILES string of the molecule is CN(C)C(=O)[C@H]1CSCN1C(=O)c1cccc(Cl)c1Cl. The summed E-state index contributed by atoms with van der Waals surface area (Å²) in [5.74, 6) is 0.733. The number of benzene rings is 1. The van der Waals surface area contributed by atoms with Gasteiger partial charge >= 0.3 is 0 Å². The van der Waals surface area contributed by atoms with Gasteiger partial charge in [-0.25, -0.2) is 0 Å². The Morgan fingerprint density at radius 1 is 1.35 bits per heavy atom. The van der Waals surface area contributed by atoms with Crippen LogP contribution < -0.4 is 0 Å². The summed E-state index contributed by atoms with van der Waals surface area (Å²) in [6, 6.07) is 4.48. The first-order chi connectivity index (χ1) is 9.43. The average Bonchev–Trinajstić information content (AvgIpc) is 2.89. The average molecular weight is 333 g/mol. The monoisotopic (exact) mass is 332 g/mol. The highest BCUT2D eigenvalue weighted by atomic mass is 35.5. The van der Waals surface area contributed by atoms with Crippen LogP contribution >= 0.6 is 35.0 Å². The summed E-state index contributed by atoms with van der Waals surface area (Å²) in [6.45, 7) is 0. The number of likely N-dealkylation sites (N-methyl/N-ethyl adjacent to an activating group) is 1. The van der Waals surface area contributed by atoms with Crippen molar-refractivity contribution in [1.82, 2.24) is 9.80 Å². The zero-order valence-electron chi connectivity index (χ0n) is 11.1. The normalized spacial score (nSPS) is 18.2. The molecule has 1 aromatic rings. The van der Waals surface area contributed by atoms with Crippen LogP contribution in [0.4, 0.5) is 0 Å². The Hall–Kier alpha value is -0.910. The van der Waals surface area contributed by atoms with E-state index in [0.29, 0.717) is 22.2 Å². The van der Waals surface area contributed by atoms with Gasteiger partial charge in [0.05, 0.1) is 21.5 Å². The zero-order chi connectivity index (χ0) is 14.9. The molecule has 7 heteroatoms. The molecule has 1 atom stereocenters. The van der Waals surface area contributed by atoms with Crippen molar-refractivity contribution >= 4 is 46.8 Å². The molecule has 1 aliphatic heterocycles. The molecule has 0 spiro atoms. The molecule has 4 nitrogen and oxygen atoms in total. The first-order valence-electron chi connectivity index (χ1n) is 5.97. The first kappa shape index (κ1) is 15.5. The lowest BCUT2D eigenvalue weighted by atomic mass is 10.1. The van der Waals surface area contributed by atoms with Gasteiger partial charge in [-0.15, -0.1) is 11.8 Å². The summed E-state index contributed by atoms with van der Waals surface area (Å²) in [5, 5.41) is 0.562. The van der Waals surface area contributed by atoms with Crippen molar-refractivity contribution in [1.29, 1.82) is 0 Å². The fourth-order valence-electron chi connectivity index (χ4n) is 1.97. The van der Waals surface area contributed by atoms with Crippen LogP contribution in [-0.4, -0.2) is 53.4 Å². The Morgan fingerprint density at radius 2 is 2.05 bits per heavy atom. The number of nitrogens with zero attached hydrogens (tertiary/aromatic N) is 2. The molecule has 0 saturated carbocycles. The van der Waals surface area contributed by atoms with Crippen LogP contribution in [0.1, 0.15) is 10.4 Å². The van der Waals surface area contributed by atoms with E-state index in [4.69, 9.17) is 23.2 Å². The molecule has 108 valence electrons. The number of hydrogen-bond donors (Lipinski definition) is 0. The Kier molecular flexibility index (Phi) is 4.83. The maximum absolute atomic E-state index is 12.6. The fraction of sp³-hybridized carbons (Fsp3) is 0.385. The van der Waals surface area contributed by atoms with Crippen LogP contribution in [0.25, 0.3) is 0 Å². The second-order valence-electron chi connectivity index (χ2n) is 4.62. The molecule has 20 heavy (non-hydrogen) atoms. The quantitative estimate of drug-likeness (QED) is 0.835. The molecule has 1 aliphatic rings. The molecule has 0 radical (unpaired) electrons. The number of thioether (sulfide) groups is 1. The predicted molar refractivity (Wildman–Crippen MR) is 82.4 cm³/mol. The van der Waals surface area contributed by atoms with E-state index < -0.39 is 6.04 Å². The highest BCUT2D eigenvalue weighted by Crippen LogP contribution is 2.30. The summed E-state index contributed by atoms with van der Waals surface area (Å²) < 4.78 is 0. The van der Waals surface area contributed by atoms with E-state index in [1.54, 1.807) is 49.0 Å². The predicted octanol–water partition coefficient (Wildman–Crippen LogP) is 2.60. The van der Waals surface area contributed by atoms with E-state index in [2.05, 4.69) is 0 Å². The lowest BCUT2D eigenvalue weighted by molar-refractivity contribution is -0.132. The van der Waals surface area contributed by atoms with Gasteiger partial charge in [0.2, 0.25) is 5.91 Å². The molecule has 0 unspecified atom stereocenters. The highest BCUT2D eigenvalue weighted by Gasteiger charge is 2.36. The molecule has 1 aromatic carbocycles. The van der Waals surface area contributed by atoms with Gasteiger partial charge in [0.1, 0.15) is 6.04 Å². The standard InChI is InChI=1S/C13H14Cl2N2O2S/c1-16(2)13(19)10-6-20-7-17(10)12(18)8-4-3-5-9(14)11(8)15/h3-5,10H,6-7H2,1-2H3/t10-/m1/s1. The van der Waals surface area contributed by atoms with Crippen LogP contribution in [0.2, 0.25) is 10.0 Å². The number of halogens is 2. The van der Waals surface area contributed by atoms with E-state index in [0.717, 1.165) is 0 Å². The summed E-state index contributed by atoms with van der Waals surface area (Å²) in [5.41, 5.74) is 0.332. The van der Waals surface area contributed by atoms with Crippen molar-refractivity contribution in [3.63, 3.8) is 0 Å². The van der Waals surface area contributed by atoms with Gasteiger partial charge in [-0.3, -0.25) is 9.59 Å². The van der Waals surface area contributed by atoms with Gasteiger partial charge in [0.25, 0.3) is 5.91 Å². The zero-order valence-corrected chi connectivity index (χ0v) is 13.4. The van der Waals surface area contributed by atoms with Crippen molar-refractivity contribution in [2.75, 3.05) is 25.7 Å². The van der Waals surface area contributed by atoms with Crippen molar-refractivity contribution in [2.24, 2.45) is 0 Å². The van der Waals surface area contributed by atoms with Crippen molar-refractivity contribution in [3.8, 4) is 0 Å². The Bertz CT molecular complexity index is 551.